The summed E-state index contributed by atoms with van der Waals surface area (Å²) in [7, 11) is 1.28. The van der Waals surface area contributed by atoms with Crippen LogP contribution in [0, 0.1) is 0 Å². The van der Waals surface area contributed by atoms with Gasteiger partial charge in [0.1, 0.15) is 0 Å². The predicted molar refractivity (Wildman–Crippen MR) is 112 cm³/mol. The molecule has 0 aliphatic carbocycles. The van der Waals surface area contributed by atoms with Gasteiger partial charge in [-0.1, -0.05) is 12.1 Å². The summed E-state index contributed by atoms with van der Waals surface area (Å²) >= 11 is 0. The molecule has 0 aliphatic rings. The van der Waals surface area contributed by atoms with Gasteiger partial charge in [0.2, 0.25) is 0 Å². The van der Waals surface area contributed by atoms with Crippen molar-refractivity contribution in [3.63, 3.8) is 0 Å². The monoisotopic (exact) mass is 411 g/mol. The van der Waals surface area contributed by atoms with Crippen molar-refractivity contribution in [2.45, 2.75) is 20.0 Å². The summed E-state index contributed by atoms with van der Waals surface area (Å²) in [4.78, 5) is 39.0. The summed E-state index contributed by atoms with van der Waals surface area (Å²) in [6.07, 6.45) is 0.546. The van der Waals surface area contributed by atoms with Crippen LogP contribution in [0.25, 0.3) is 10.9 Å². The second-order valence-corrected chi connectivity index (χ2v) is 6.26. The number of nitrogens with one attached hydrogen (secondary N) is 1. The van der Waals surface area contributed by atoms with Gasteiger partial charge in [-0.05, 0) is 49.7 Å². The number of esters is 1. The van der Waals surface area contributed by atoms with Crippen molar-refractivity contribution >= 4 is 23.1 Å². The van der Waals surface area contributed by atoms with Crippen LogP contribution in [-0.2, 0) is 9.53 Å². The lowest BCUT2D eigenvalue weighted by Gasteiger charge is -2.16. The number of hydrogen-bond donors (Lipinski definition) is 1. The molecule has 0 fully saturated rings. The zero-order chi connectivity index (χ0) is 21.7. The predicted octanol–water partition coefficient (Wildman–Crippen LogP) is 1.91. The lowest BCUT2D eigenvalue weighted by atomic mass is 10.2. The Morgan fingerprint density at radius 1 is 1.20 bits per heavy atom. The largest absolute Gasteiger partial charge is 0.490 e. The van der Waals surface area contributed by atoms with Gasteiger partial charge in [0.25, 0.3) is 5.56 Å². The first-order valence-corrected chi connectivity index (χ1v) is 9.24. The molecule has 0 saturated carbocycles. The summed E-state index contributed by atoms with van der Waals surface area (Å²) in [5.41, 5.74) is -0.163. The van der Waals surface area contributed by atoms with Crippen molar-refractivity contribution in [2.24, 2.45) is 5.10 Å². The lowest BCUT2D eigenvalue weighted by molar-refractivity contribution is -0.147. The summed E-state index contributed by atoms with van der Waals surface area (Å²) in [5.74, 6) is 0.225. The molecular weight excluding hydrogens is 390 g/mol. The Hall–Kier alpha value is -3.88. The van der Waals surface area contributed by atoms with E-state index in [0.717, 1.165) is 4.68 Å². The molecule has 0 aliphatic heterocycles. The Labute approximate surface area is 171 Å². The summed E-state index contributed by atoms with van der Waals surface area (Å²) in [6.45, 7) is 3.74. The third kappa shape index (κ3) is 4.40. The minimum absolute atomic E-state index is 0.352. The van der Waals surface area contributed by atoms with Crippen molar-refractivity contribution in [1.82, 2.24) is 9.66 Å². The maximum atomic E-state index is 12.5. The second kappa shape index (κ2) is 9.08. The van der Waals surface area contributed by atoms with Crippen molar-refractivity contribution < 1.29 is 19.0 Å². The molecule has 1 N–H and O–H groups in total. The Morgan fingerprint density at radius 2 is 1.97 bits per heavy atom. The number of H-pyrrole nitrogens is 1. The Balaban J connectivity index is 1.93. The highest BCUT2D eigenvalue weighted by Crippen LogP contribution is 2.29. The normalized spacial score (nSPS) is 12.1. The van der Waals surface area contributed by atoms with Gasteiger partial charge in [0.15, 0.2) is 17.6 Å². The Kier molecular flexibility index (Phi) is 6.31. The summed E-state index contributed by atoms with van der Waals surface area (Å²) in [5, 5.41) is 4.38. The van der Waals surface area contributed by atoms with Gasteiger partial charge in [0, 0.05) is 0 Å². The molecule has 0 amide bonds. The van der Waals surface area contributed by atoms with E-state index in [1.165, 1.54) is 13.3 Å². The average molecular weight is 411 g/mol. The topological polar surface area (TPSA) is 112 Å². The zero-order valence-corrected chi connectivity index (χ0v) is 16.7. The molecule has 2 aromatic carbocycles. The van der Waals surface area contributed by atoms with Crippen LogP contribution < -0.4 is 20.7 Å². The molecule has 3 rings (SSSR count). The molecule has 0 spiro atoms. The zero-order valence-electron chi connectivity index (χ0n) is 16.7. The summed E-state index contributed by atoms with van der Waals surface area (Å²) in [6, 6.07) is 11.6. The SMILES string of the molecule is CCOc1cc(C=Nn2c(=O)[nH]c3ccccc3c2=O)ccc1O[C@H](C)C(=O)OC. The van der Waals surface area contributed by atoms with E-state index in [1.54, 1.807) is 49.4 Å². The maximum absolute atomic E-state index is 12.5. The number of rotatable bonds is 7. The van der Waals surface area contributed by atoms with Crippen molar-refractivity contribution in [2.75, 3.05) is 13.7 Å². The van der Waals surface area contributed by atoms with E-state index in [9.17, 15) is 14.4 Å². The van der Waals surface area contributed by atoms with E-state index in [0.29, 0.717) is 34.6 Å². The number of fused-ring (bicyclic) bond motifs is 1. The lowest BCUT2D eigenvalue weighted by Crippen LogP contribution is -2.32. The number of carbonyl (C=O) groups excluding carboxylic acids is 1. The Bertz CT molecular complexity index is 1210. The van der Waals surface area contributed by atoms with E-state index in [-0.39, 0.29) is 0 Å². The molecule has 1 atom stereocenters. The van der Waals surface area contributed by atoms with E-state index >= 15 is 0 Å². The van der Waals surface area contributed by atoms with E-state index in [2.05, 4.69) is 14.8 Å². The van der Waals surface area contributed by atoms with Crippen LogP contribution in [0.3, 0.4) is 0 Å². The van der Waals surface area contributed by atoms with Crippen LogP contribution in [0.4, 0.5) is 0 Å². The van der Waals surface area contributed by atoms with Gasteiger partial charge in [0.05, 0.1) is 30.8 Å². The average Bonchev–Trinajstić information content (AvgIpc) is 2.74. The number of ether oxygens (including phenoxy) is 3. The van der Waals surface area contributed by atoms with Gasteiger partial charge in [-0.25, -0.2) is 9.59 Å². The molecule has 9 heteroatoms. The van der Waals surface area contributed by atoms with Gasteiger partial charge in [-0.15, -0.1) is 4.68 Å². The first kappa shape index (κ1) is 20.8. The third-order valence-corrected chi connectivity index (χ3v) is 4.21. The number of hydrogen-bond acceptors (Lipinski definition) is 7. The first-order chi connectivity index (χ1) is 14.4. The fourth-order valence-corrected chi connectivity index (χ4v) is 2.76. The molecule has 9 nitrogen and oxygen atoms in total. The number of aromatic amines is 1. The van der Waals surface area contributed by atoms with E-state index in [1.807, 2.05) is 6.92 Å². The highest BCUT2D eigenvalue weighted by Gasteiger charge is 2.17. The number of aromatic nitrogens is 2. The van der Waals surface area contributed by atoms with Crippen LogP contribution in [0.2, 0.25) is 0 Å². The number of carbonyl (C=O) groups is 1. The first-order valence-electron chi connectivity index (χ1n) is 9.24. The van der Waals surface area contributed by atoms with Gasteiger partial charge in [-0.2, -0.15) is 5.10 Å². The van der Waals surface area contributed by atoms with E-state index in [4.69, 9.17) is 9.47 Å². The highest BCUT2D eigenvalue weighted by atomic mass is 16.6. The molecule has 30 heavy (non-hydrogen) atoms. The second-order valence-electron chi connectivity index (χ2n) is 6.26. The standard InChI is InChI=1S/C21H21N3O6/c1-4-29-18-11-14(9-10-17(18)30-13(2)20(26)28-3)12-22-24-19(25)15-7-5-6-8-16(15)23-21(24)27/h5-13H,4H2,1-3H3,(H,23,27)/t13-/m1/s1. The van der Waals surface area contributed by atoms with Crippen LogP contribution in [-0.4, -0.2) is 41.7 Å². The maximum Gasteiger partial charge on any atom is 0.349 e. The molecule has 156 valence electrons. The van der Waals surface area contributed by atoms with Crippen LogP contribution in [0.5, 0.6) is 11.5 Å². The summed E-state index contributed by atoms with van der Waals surface area (Å²) < 4.78 is 16.6. The van der Waals surface area contributed by atoms with Crippen molar-refractivity contribution in [1.29, 1.82) is 0 Å². The van der Waals surface area contributed by atoms with Crippen molar-refractivity contribution in [3.8, 4) is 11.5 Å². The number of nitrogens with zero attached hydrogens (tertiary/aromatic N) is 2. The minimum atomic E-state index is -0.816. The van der Waals surface area contributed by atoms with Gasteiger partial charge in [-0.3, -0.25) is 4.79 Å². The van der Waals surface area contributed by atoms with Crippen molar-refractivity contribution in [3.05, 3.63) is 68.9 Å². The van der Waals surface area contributed by atoms with Gasteiger partial charge >= 0.3 is 11.7 Å². The van der Waals surface area contributed by atoms with E-state index < -0.39 is 23.3 Å². The quantitative estimate of drug-likeness (QED) is 0.470. The molecule has 0 unspecified atom stereocenters. The Morgan fingerprint density at radius 3 is 2.70 bits per heavy atom. The van der Waals surface area contributed by atoms with Crippen LogP contribution >= 0.6 is 0 Å². The van der Waals surface area contributed by atoms with Gasteiger partial charge < -0.3 is 19.2 Å². The molecular formula is C21H21N3O6. The molecule has 0 saturated heterocycles. The molecule has 0 radical (unpaired) electrons. The smallest absolute Gasteiger partial charge is 0.349 e. The fourth-order valence-electron chi connectivity index (χ4n) is 2.76. The van der Waals surface area contributed by atoms with Crippen LogP contribution in [0.15, 0.2) is 57.2 Å². The highest BCUT2D eigenvalue weighted by molar-refractivity contribution is 5.81. The minimum Gasteiger partial charge on any atom is -0.490 e. The third-order valence-electron chi connectivity index (χ3n) is 4.21. The molecule has 1 heterocycles. The molecule has 0 bridgehead atoms. The van der Waals surface area contributed by atoms with Crippen LogP contribution in [0.1, 0.15) is 19.4 Å². The molecule has 1 aromatic heterocycles. The number of methoxy groups -OCH3 is 1. The number of benzene rings is 2. The molecule has 3 aromatic rings. The number of para-hydroxylation sites is 1. The fraction of sp³-hybridized carbons (Fsp3) is 0.238.